The van der Waals surface area contributed by atoms with Crippen molar-refractivity contribution in [2.45, 2.75) is 32.2 Å². The van der Waals surface area contributed by atoms with E-state index in [1.807, 2.05) is 6.92 Å². The first-order valence-electron chi connectivity index (χ1n) is 6.89. The highest BCUT2D eigenvalue weighted by Crippen LogP contribution is 2.02. The van der Waals surface area contributed by atoms with E-state index in [-0.39, 0.29) is 18.9 Å². The highest BCUT2D eigenvalue weighted by atomic mass is 16.5. The van der Waals surface area contributed by atoms with Gasteiger partial charge in [0.05, 0.1) is 13.0 Å². The van der Waals surface area contributed by atoms with Gasteiger partial charge in [0.2, 0.25) is 5.91 Å². The van der Waals surface area contributed by atoms with Gasteiger partial charge in [0.15, 0.2) is 0 Å². The van der Waals surface area contributed by atoms with Crippen LogP contribution in [0.5, 0.6) is 0 Å². The van der Waals surface area contributed by atoms with Crippen molar-refractivity contribution in [3.63, 3.8) is 0 Å². The summed E-state index contributed by atoms with van der Waals surface area (Å²) in [6.07, 6.45) is 1.21. The summed E-state index contributed by atoms with van der Waals surface area (Å²) in [5.74, 6) is -1.26. The molecule has 0 aliphatic heterocycles. The lowest BCUT2D eigenvalue weighted by Gasteiger charge is -2.22. The molecule has 122 valence electrons. The first-order chi connectivity index (χ1) is 9.90. The Morgan fingerprint density at radius 1 is 1.33 bits per heavy atom. The first-order valence-corrected chi connectivity index (χ1v) is 6.89. The molecule has 21 heavy (non-hydrogen) atoms. The fraction of sp³-hybridized carbons (Fsp3) is 0.769. The van der Waals surface area contributed by atoms with Crippen molar-refractivity contribution >= 4 is 17.9 Å². The van der Waals surface area contributed by atoms with Gasteiger partial charge in [-0.1, -0.05) is 13.3 Å². The number of carboxylic acid groups (broad SMARTS) is 1. The van der Waals surface area contributed by atoms with Crippen molar-refractivity contribution in [3.05, 3.63) is 0 Å². The molecule has 3 N–H and O–H groups in total. The standard InChI is InChI=1S/C13H25N3O5/c1-4-5-10(8-12(18)19)15-13(20)16(2)9-11(17)14-6-7-21-3/h10H,4-9H2,1-3H3,(H,14,17)(H,15,20)(H,18,19). The number of carbonyl (C=O) groups is 3. The van der Waals surface area contributed by atoms with E-state index in [9.17, 15) is 14.4 Å². The summed E-state index contributed by atoms with van der Waals surface area (Å²) in [6.45, 7) is 2.59. The number of hydrogen-bond acceptors (Lipinski definition) is 4. The molecule has 0 heterocycles. The van der Waals surface area contributed by atoms with Gasteiger partial charge in [-0.05, 0) is 6.42 Å². The zero-order chi connectivity index (χ0) is 16.3. The van der Waals surface area contributed by atoms with Crippen molar-refractivity contribution < 1.29 is 24.2 Å². The number of hydrogen-bond donors (Lipinski definition) is 3. The van der Waals surface area contributed by atoms with Crippen LogP contribution in [-0.4, -0.2) is 67.8 Å². The van der Waals surface area contributed by atoms with Crippen molar-refractivity contribution in [1.29, 1.82) is 0 Å². The number of ether oxygens (including phenoxy) is 1. The van der Waals surface area contributed by atoms with Crippen LogP contribution in [0.4, 0.5) is 4.79 Å². The van der Waals surface area contributed by atoms with E-state index >= 15 is 0 Å². The van der Waals surface area contributed by atoms with E-state index in [1.54, 1.807) is 0 Å². The number of carbonyl (C=O) groups excluding carboxylic acids is 2. The van der Waals surface area contributed by atoms with Crippen LogP contribution in [0.1, 0.15) is 26.2 Å². The van der Waals surface area contributed by atoms with Gasteiger partial charge in [0.1, 0.15) is 6.54 Å². The summed E-state index contributed by atoms with van der Waals surface area (Å²) < 4.78 is 4.80. The zero-order valence-corrected chi connectivity index (χ0v) is 12.8. The lowest BCUT2D eigenvalue weighted by atomic mass is 10.1. The Kier molecular flexibility index (Phi) is 9.95. The quantitative estimate of drug-likeness (QED) is 0.494. The number of carboxylic acids is 1. The van der Waals surface area contributed by atoms with Gasteiger partial charge >= 0.3 is 12.0 Å². The summed E-state index contributed by atoms with van der Waals surface area (Å²) in [5, 5.41) is 14.0. The van der Waals surface area contributed by atoms with E-state index in [0.29, 0.717) is 19.6 Å². The number of aliphatic carboxylic acids is 1. The average molecular weight is 303 g/mol. The second-order valence-corrected chi connectivity index (χ2v) is 4.73. The normalized spacial score (nSPS) is 11.6. The Hall–Kier alpha value is -1.83. The van der Waals surface area contributed by atoms with Crippen LogP contribution in [0.2, 0.25) is 0 Å². The molecule has 0 aromatic carbocycles. The third-order valence-corrected chi connectivity index (χ3v) is 2.74. The Morgan fingerprint density at radius 2 is 2.00 bits per heavy atom. The van der Waals surface area contributed by atoms with Crippen molar-refractivity contribution in [2.75, 3.05) is 33.9 Å². The third-order valence-electron chi connectivity index (χ3n) is 2.74. The molecule has 0 aliphatic rings. The van der Waals surface area contributed by atoms with Crippen LogP contribution < -0.4 is 10.6 Å². The molecule has 3 amide bonds. The molecule has 0 rings (SSSR count). The van der Waals surface area contributed by atoms with Crippen molar-refractivity contribution in [3.8, 4) is 0 Å². The Bertz CT molecular complexity index is 349. The molecule has 0 bridgehead atoms. The lowest BCUT2D eigenvalue weighted by Crippen LogP contribution is -2.47. The maximum atomic E-state index is 11.9. The lowest BCUT2D eigenvalue weighted by molar-refractivity contribution is -0.137. The number of rotatable bonds is 10. The molecule has 8 nitrogen and oxygen atoms in total. The van der Waals surface area contributed by atoms with Gasteiger partial charge in [-0.3, -0.25) is 9.59 Å². The predicted octanol–water partition coefficient (Wildman–Crippen LogP) is 0.0338. The van der Waals surface area contributed by atoms with Gasteiger partial charge < -0.3 is 25.4 Å². The van der Waals surface area contributed by atoms with Crippen LogP contribution in [0.3, 0.4) is 0 Å². The highest BCUT2D eigenvalue weighted by Gasteiger charge is 2.18. The fourth-order valence-corrected chi connectivity index (χ4v) is 1.70. The third kappa shape index (κ3) is 9.67. The minimum Gasteiger partial charge on any atom is -0.481 e. The zero-order valence-electron chi connectivity index (χ0n) is 12.8. The maximum Gasteiger partial charge on any atom is 0.317 e. The number of methoxy groups -OCH3 is 1. The molecule has 1 unspecified atom stereocenters. The predicted molar refractivity (Wildman–Crippen MR) is 77.0 cm³/mol. The number of urea groups is 1. The number of nitrogens with zero attached hydrogens (tertiary/aromatic N) is 1. The Morgan fingerprint density at radius 3 is 2.52 bits per heavy atom. The van der Waals surface area contributed by atoms with Crippen molar-refractivity contribution in [1.82, 2.24) is 15.5 Å². The summed E-state index contributed by atoms with van der Waals surface area (Å²) in [7, 11) is 3.01. The summed E-state index contributed by atoms with van der Waals surface area (Å²) in [5.41, 5.74) is 0. The van der Waals surface area contributed by atoms with E-state index in [2.05, 4.69) is 10.6 Å². The van der Waals surface area contributed by atoms with E-state index in [0.717, 1.165) is 6.42 Å². The molecular formula is C13H25N3O5. The molecule has 0 saturated carbocycles. The second kappa shape index (κ2) is 10.9. The largest absolute Gasteiger partial charge is 0.481 e. The van der Waals surface area contributed by atoms with E-state index in [1.165, 1.54) is 19.1 Å². The van der Waals surface area contributed by atoms with Crippen LogP contribution >= 0.6 is 0 Å². The summed E-state index contributed by atoms with van der Waals surface area (Å²) in [6, 6.07) is -0.893. The van der Waals surface area contributed by atoms with E-state index < -0.39 is 18.0 Å². The molecule has 0 saturated heterocycles. The minimum absolute atomic E-state index is 0.0958. The molecule has 0 aliphatic carbocycles. The molecular weight excluding hydrogens is 278 g/mol. The van der Waals surface area contributed by atoms with Gasteiger partial charge in [-0.2, -0.15) is 0 Å². The average Bonchev–Trinajstić information content (AvgIpc) is 2.38. The minimum atomic E-state index is -0.964. The Balaban J connectivity index is 4.22. The van der Waals surface area contributed by atoms with E-state index in [4.69, 9.17) is 9.84 Å². The number of amides is 3. The summed E-state index contributed by atoms with van der Waals surface area (Å²) in [4.78, 5) is 35.4. The molecule has 0 aromatic rings. The monoisotopic (exact) mass is 303 g/mol. The maximum absolute atomic E-state index is 11.9. The molecule has 0 fully saturated rings. The van der Waals surface area contributed by atoms with Gasteiger partial charge in [0.25, 0.3) is 0 Å². The smallest absolute Gasteiger partial charge is 0.317 e. The topological polar surface area (TPSA) is 108 Å². The molecule has 0 radical (unpaired) electrons. The SMILES string of the molecule is CCCC(CC(=O)O)NC(=O)N(C)CC(=O)NCCOC. The molecule has 8 heteroatoms. The fourth-order valence-electron chi connectivity index (χ4n) is 1.70. The van der Waals surface area contributed by atoms with Gasteiger partial charge in [-0.25, -0.2) is 4.79 Å². The molecule has 1 atom stereocenters. The van der Waals surface area contributed by atoms with Gasteiger partial charge in [-0.15, -0.1) is 0 Å². The van der Waals surface area contributed by atoms with Crippen LogP contribution in [0.15, 0.2) is 0 Å². The molecule has 0 spiro atoms. The number of likely N-dealkylation sites (N-methyl/N-ethyl adjacent to an activating group) is 1. The summed E-state index contributed by atoms with van der Waals surface area (Å²) >= 11 is 0. The van der Waals surface area contributed by atoms with Crippen LogP contribution in [-0.2, 0) is 14.3 Å². The second-order valence-electron chi connectivity index (χ2n) is 4.73. The Labute approximate surface area is 124 Å². The van der Waals surface area contributed by atoms with Crippen molar-refractivity contribution in [2.24, 2.45) is 0 Å². The van der Waals surface area contributed by atoms with Gasteiger partial charge in [0, 0.05) is 26.7 Å². The number of nitrogens with one attached hydrogen (secondary N) is 2. The van der Waals surface area contributed by atoms with Crippen LogP contribution in [0, 0.1) is 0 Å². The molecule has 0 aromatic heterocycles. The first kappa shape index (κ1) is 19.2. The highest BCUT2D eigenvalue weighted by molar-refractivity contribution is 5.84. The van der Waals surface area contributed by atoms with Crippen LogP contribution in [0.25, 0.3) is 0 Å².